The average molecular weight is 372 g/mol. The Labute approximate surface area is 160 Å². The Kier molecular flexibility index (Phi) is 5.78. The minimum absolute atomic E-state index is 0.185. The first-order valence-corrected chi connectivity index (χ1v) is 8.94. The zero-order valence-corrected chi connectivity index (χ0v) is 17.4. The molecule has 0 aliphatic heterocycles. The van der Waals surface area contributed by atoms with Gasteiger partial charge in [0.15, 0.2) is 6.61 Å². The van der Waals surface area contributed by atoms with Crippen molar-refractivity contribution >= 4 is 17.8 Å². The molecule has 1 heterocycles. The molecule has 27 heavy (non-hydrogen) atoms. The van der Waals surface area contributed by atoms with Gasteiger partial charge in [-0.05, 0) is 62.4 Å². The van der Waals surface area contributed by atoms with Gasteiger partial charge in [-0.25, -0.2) is 4.79 Å². The van der Waals surface area contributed by atoms with Gasteiger partial charge < -0.3 is 9.26 Å². The quantitative estimate of drug-likeness (QED) is 0.809. The molecule has 0 bridgehead atoms. The summed E-state index contributed by atoms with van der Waals surface area (Å²) in [5.74, 6) is -0.745. The van der Waals surface area contributed by atoms with E-state index < -0.39 is 18.5 Å². The second-order valence-electron chi connectivity index (χ2n) is 7.95. The van der Waals surface area contributed by atoms with Crippen molar-refractivity contribution in [2.75, 3.05) is 11.9 Å². The number of carbonyl (C=O) groups excluding carboxylic acids is 2. The number of aromatic nitrogens is 1. The van der Waals surface area contributed by atoms with Crippen LogP contribution in [0.15, 0.2) is 10.6 Å². The molecule has 0 saturated heterocycles. The maximum Gasteiger partial charge on any atom is 0.339 e. The molecule has 6 heteroatoms. The van der Waals surface area contributed by atoms with Crippen LogP contribution >= 0.6 is 0 Å². The monoisotopic (exact) mass is 372 g/mol. The summed E-state index contributed by atoms with van der Waals surface area (Å²) in [6, 6.07) is 1.67. The fraction of sp³-hybridized carbons (Fsp3) is 0.476. The predicted octanol–water partition coefficient (Wildman–Crippen LogP) is 4.31. The van der Waals surface area contributed by atoms with Crippen molar-refractivity contribution in [1.29, 1.82) is 0 Å². The second-order valence-corrected chi connectivity index (χ2v) is 7.95. The van der Waals surface area contributed by atoms with Gasteiger partial charge in [-0.1, -0.05) is 25.9 Å². The number of ether oxygens (including phenoxy) is 1. The minimum atomic E-state index is -0.501. The van der Waals surface area contributed by atoms with Crippen molar-refractivity contribution in [1.82, 2.24) is 5.16 Å². The van der Waals surface area contributed by atoms with Crippen LogP contribution in [-0.4, -0.2) is 23.6 Å². The fourth-order valence-corrected chi connectivity index (χ4v) is 2.87. The summed E-state index contributed by atoms with van der Waals surface area (Å²) in [6.07, 6.45) is 0. The van der Waals surface area contributed by atoms with Crippen LogP contribution < -0.4 is 5.32 Å². The summed E-state index contributed by atoms with van der Waals surface area (Å²) in [7, 11) is 0. The molecule has 0 aliphatic carbocycles. The van der Waals surface area contributed by atoms with E-state index in [-0.39, 0.29) is 11.3 Å². The highest BCUT2D eigenvalue weighted by Gasteiger charge is 2.22. The number of benzene rings is 1. The highest BCUT2D eigenvalue weighted by atomic mass is 16.5. The SMILES string of the molecule is Cc1c(C)c(C)c(C(=O)OCC(=O)Nc2cc(C(C)(C)C)no2)c(C)c1C. The third-order valence-electron chi connectivity index (χ3n) is 5.08. The summed E-state index contributed by atoms with van der Waals surface area (Å²) in [5, 5.41) is 6.49. The van der Waals surface area contributed by atoms with Crippen LogP contribution in [0.3, 0.4) is 0 Å². The minimum Gasteiger partial charge on any atom is -0.452 e. The van der Waals surface area contributed by atoms with E-state index in [1.165, 1.54) is 5.56 Å². The first-order valence-electron chi connectivity index (χ1n) is 8.94. The maximum atomic E-state index is 12.6. The first kappa shape index (κ1) is 20.7. The normalized spacial score (nSPS) is 11.4. The molecule has 1 aromatic carbocycles. The fourth-order valence-electron chi connectivity index (χ4n) is 2.87. The van der Waals surface area contributed by atoms with Gasteiger partial charge >= 0.3 is 5.97 Å². The lowest BCUT2D eigenvalue weighted by Gasteiger charge is -2.17. The van der Waals surface area contributed by atoms with E-state index in [0.29, 0.717) is 5.56 Å². The molecule has 1 amide bonds. The van der Waals surface area contributed by atoms with Crippen LogP contribution in [0.25, 0.3) is 0 Å². The predicted molar refractivity (Wildman–Crippen MR) is 104 cm³/mol. The van der Waals surface area contributed by atoms with Crippen molar-refractivity contribution in [2.45, 2.75) is 60.8 Å². The van der Waals surface area contributed by atoms with E-state index in [1.807, 2.05) is 55.4 Å². The number of rotatable bonds is 4. The van der Waals surface area contributed by atoms with Crippen molar-refractivity contribution in [3.8, 4) is 0 Å². The molecule has 0 fully saturated rings. The Morgan fingerprint density at radius 3 is 2.00 bits per heavy atom. The summed E-state index contributed by atoms with van der Waals surface area (Å²) in [4.78, 5) is 24.6. The molecule has 0 atom stereocenters. The summed E-state index contributed by atoms with van der Waals surface area (Å²) in [6.45, 7) is 15.4. The molecule has 1 N–H and O–H groups in total. The lowest BCUT2D eigenvalue weighted by atomic mass is 9.90. The van der Waals surface area contributed by atoms with E-state index in [9.17, 15) is 9.59 Å². The third-order valence-corrected chi connectivity index (χ3v) is 5.08. The summed E-state index contributed by atoms with van der Waals surface area (Å²) >= 11 is 0. The molecule has 2 aromatic rings. The Morgan fingerprint density at radius 2 is 1.52 bits per heavy atom. The van der Waals surface area contributed by atoms with E-state index in [2.05, 4.69) is 10.5 Å². The molecule has 6 nitrogen and oxygen atoms in total. The Bertz CT molecular complexity index is 859. The standard InChI is InChI=1S/C21H28N2O4/c1-11-12(2)14(4)19(15(5)13(11)3)20(25)26-10-17(24)22-18-9-16(23-27-18)21(6,7)8/h9H,10H2,1-8H3,(H,22,24). The number of nitrogens with zero attached hydrogens (tertiary/aromatic N) is 1. The molecular formula is C21H28N2O4. The highest BCUT2D eigenvalue weighted by molar-refractivity contribution is 5.97. The number of anilines is 1. The number of carbonyl (C=O) groups is 2. The van der Waals surface area contributed by atoms with Gasteiger partial charge in [-0.15, -0.1) is 0 Å². The van der Waals surface area contributed by atoms with Crippen LogP contribution in [0.1, 0.15) is 64.6 Å². The molecule has 0 spiro atoms. The highest BCUT2D eigenvalue weighted by Crippen LogP contribution is 2.27. The molecule has 0 unspecified atom stereocenters. The van der Waals surface area contributed by atoms with Crippen molar-refractivity contribution in [2.24, 2.45) is 0 Å². The van der Waals surface area contributed by atoms with Gasteiger partial charge in [-0.3, -0.25) is 10.1 Å². The number of hydrogen-bond donors (Lipinski definition) is 1. The largest absolute Gasteiger partial charge is 0.452 e. The zero-order chi connectivity index (χ0) is 20.5. The van der Waals surface area contributed by atoms with Gasteiger partial charge in [0.2, 0.25) is 5.88 Å². The van der Waals surface area contributed by atoms with E-state index in [4.69, 9.17) is 9.26 Å². The number of amides is 1. The lowest BCUT2D eigenvalue weighted by molar-refractivity contribution is -0.119. The van der Waals surface area contributed by atoms with Gasteiger partial charge in [0.1, 0.15) is 0 Å². The van der Waals surface area contributed by atoms with Crippen molar-refractivity contribution in [3.63, 3.8) is 0 Å². The van der Waals surface area contributed by atoms with Crippen LogP contribution in [0.5, 0.6) is 0 Å². The van der Waals surface area contributed by atoms with Gasteiger partial charge in [-0.2, -0.15) is 0 Å². The van der Waals surface area contributed by atoms with E-state index >= 15 is 0 Å². The molecule has 1 aromatic heterocycles. The smallest absolute Gasteiger partial charge is 0.339 e. The van der Waals surface area contributed by atoms with E-state index in [1.54, 1.807) is 6.07 Å². The zero-order valence-electron chi connectivity index (χ0n) is 17.4. The molecule has 146 valence electrons. The summed E-state index contributed by atoms with van der Waals surface area (Å²) < 4.78 is 10.3. The molecule has 0 radical (unpaired) electrons. The maximum absolute atomic E-state index is 12.6. The second kappa shape index (κ2) is 7.55. The Morgan fingerprint density at radius 1 is 1.00 bits per heavy atom. The Balaban J connectivity index is 2.06. The number of esters is 1. The lowest BCUT2D eigenvalue weighted by Crippen LogP contribution is -2.22. The van der Waals surface area contributed by atoms with Crippen LogP contribution in [0, 0.1) is 34.6 Å². The van der Waals surface area contributed by atoms with E-state index in [0.717, 1.165) is 27.9 Å². The number of hydrogen-bond acceptors (Lipinski definition) is 5. The van der Waals surface area contributed by atoms with Gasteiger partial charge in [0, 0.05) is 11.5 Å². The van der Waals surface area contributed by atoms with Crippen LogP contribution in [0.4, 0.5) is 5.88 Å². The first-order chi connectivity index (χ1) is 12.4. The number of nitrogens with one attached hydrogen (secondary N) is 1. The molecular weight excluding hydrogens is 344 g/mol. The molecule has 2 rings (SSSR count). The van der Waals surface area contributed by atoms with Crippen molar-refractivity contribution in [3.05, 3.63) is 45.1 Å². The Hall–Kier alpha value is -2.63. The van der Waals surface area contributed by atoms with Crippen LogP contribution in [-0.2, 0) is 14.9 Å². The summed E-state index contributed by atoms with van der Waals surface area (Å²) in [5.41, 5.74) is 6.12. The third kappa shape index (κ3) is 4.38. The average Bonchev–Trinajstić information content (AvgIpc) is 3.05. The topological polar surface area (TPSA) is 81.4 Å². The van der Waals surface area contributed by atoms with Crippen LogP contribution in [0.2, 0.25) is 0 Å². The molecule has 0 saturated carbocycles. The van der Waals surface area contributed by atoms with Gasteiger partial charge in [0.25, 0.3) is 5.91 Å². The van der Waals surface area contributed by atoms with Crippen molar-refractivity contribution < 1.29 is 18.8 Å². The molecule has 0 aliphatic rings. The van der Waals surface area contributed by atoms with Gasteiger partial charge in [0.05, 0.1) is 11.3 Å².